The van der Waals surface area contributed by atoms with Crippen molar-refractivity contribution in [1.29, 1.82) is 0 Å². The lowest BCUT2D eigenvalue weighted by Gasteiger charge is -2.02. The van der Waals surface area contributed by atoms with E-state index in [1.165, 1.54) is 0 Å². The number of hydrogen-bond donors (Lipinski definition) is 4. The number of H-pyrrole nitrogens is 1. The first kappa shape index (κ1) is 23.2. The van der Waals surface area contributed by atoms with Gasteiger partial charge in [0.25, 0.3) is 0 Å². The van der Waals surface area contributed by atoms with Crippen LogP contribution in [-0.4, -0.2) is 33.9 Å². The number of aromatic nitrogens is 3. The van der Waals surface area contributed by atoms with Crippen LogP contribution in [0.25, 0.3) is 28.1 Å². The van der Waals surface area contributed by atoms with Gasteiger partial charge in [-0.05, 0) is 51.1 Å². The maximum atomic E-state index is 6.10. The minimum atomic E-state index is 0.340. The van der Waals surface area contributed by atoms with Crippen LogP contribution in [0.2, 0.25) is 0 Å². The molecule has 0 aliphatic carbocycles. The van der Waals surface area contributed by atoms with Gasteiger partial charge in [-0.15, -0.1) is 0 Å². The molecule has 8 heteroatoms. The smallest absolute Gasteiger partial charge is 0.228 e. The molecule has 0 saturated heterocycles. The van der Waals surface area contributed by atoms with E-state index in [1.807, 2.05) is 56.4 Å². The molecule has 0 atom stereocenters. The van der Waals surface area contributed by atoms with E-state index in [-0.39, 0.29) is 0 Å². The first-order chi connectivity index (χ1) is 15.5. The lowest BCUT2D eigenvalue weighted by atomic mass is 10.2. The number of aliphatic imine (C=N–C) groups is 1. The predicted molar refractivity (Wildman–Crippen MR) is 131 cm³/mol. The number of nitrogens with one attached hydrogen (secondary N) is 2. The molecule has 3 rings (SSSR count). The molecular formula is C24H31N7O. The molecule has 0 saturated carbocycles. The van der Waals surface area contributed by atoms with Crippen LogP contribution in [0.5, 0.6) is 0 Å². The lowest BCUT2D eigenvalue weighted by Crippen LogP contribution is -2.29. The number of oxazole rings is 1. The molecule has 168 valence electrons. The van der Waals surface area contributed by atoms with E-state index in [2.05, 4.69) is 32.2 Å². The van der Waals surface area contributed by atoms with E-state index in [0.29, 0.717) is 30.6 Å². The van der Waals surface area contributed by atoms with E-state index >= 15 is 0 Å². The van der Waals surface area contributed by atoms with Crippen molar-refractivity contribution in [1.82, 2.24) is 20.3 Å². The molecule has 8 nitrogen and oxygen atoms in total. The average molecular weight is 434 g/mol. The number of aromatic amines is 1. The van der Waals surface area contributed by atoms with Gasteiger partial charge in [-0.2, -0.15) is 0 Å². The van der Waals surface area contributed by atoms with Crippen LogP contribution < -0.4 is 16.8 Å². The fourth-order valence-corrected chi connectivity index (χ4v) is 3.19. The monoisotopic (exact) mass is 433 g/mol. The van der Waals surface area contributed by atoms with Crippen molar-refractivity contribution in [3.05, 3.63) is 66.0 Å². The van der Waals surface area contributed by atoms with E-state index < -0.39 is 0 Å². The van der Waals surface area contributed by atoms with Crippen molar-refractivity contribution in [2.75, 3.05) is 13.1 Å². The fourth-order valence-electron chi connectivity index (χ4n) is 3.19. The van der Waals surface area contributed by atoms with Crippen LogP contribution in [-0.2, 0) is 6.54 Å². The van der Waals surface area contributed by atoms with Crippen LogP contribution in [0.3, 0.4) is 0 Å². The molecule has 1 aromatic carbocycles. The first-order valence-electron chi connectivity index (χ1n) is 10.7. The second kappa shape index (κ2) is 11.2. The summed E-state index contributed by atoms with van der Waals surface area (Å²) < 4.78 is 6.10. The number of amidine groups is 1. The third-order valence-electron chi connectivity index (χ3n) is 4.68. The standard InChI is InChI=1S/C24H31N7O/c1-4-7-17(11-10-16(3)29-21(26)15-27-12-5-2)20-14-28-24(32-20)18-8-6-9-19-23(18)31-22(13-25)30-19/h4,6-11,14,27H,5,12-13,15,25H2,1-3H3,(H2,26,29)(H,30,31)/b7-4+,16-10+,17-11+. The Morgan fingerprint density at radius 3 is 2.91 bits per heavy atom. The van der Waals surface area contributed by atoms with Crippen molar-refractivity contribution in [2.45, 2.75) is 33.7 Å². The normalized spacial score (nSPS) is 13.6. The largest absolute Gasteiger partial charge is 0.436 e. The van der Waals surface area contributed by atoms with Gasteiger partial charge in [0, 0.05) is 11.3 Å². The summed E-state index contributed by atoms with van der Waals surface area (Å²) in [7, 11) is 0. The minimum absolute atomic E-state index is 0.340. The number of nitrogens with two attached hydrogens (primary N) is 2. The topological polar surface area (TPSA) is 131 Å². The summed E-state index contributed by atoms with van der Waals surface area (Å²) in [6.45, 7) is 7.80. The van der Waals surface area contributed by atoms with Crippen molar-refractivity contribution in [3.63, 3.8) is 0 Å². The molecule has 0 bridgehead atoms. The number of allylic oxidation sites excluding steroid dienone is 6. The SMILES string of the molecule is C/C=C/C(=C\C=C(/C)N=C(N)CNCCC)c1cnc(-c2cccc3[nH]c(CN)nc23)o1. The Bertz CT molecular complexity index is 1160. The van der Waals surface area contributed by atoms with Gasteiger partial charge in [-0.25, -0.2) is 15.0 Å². The average Bonchev–Trinajstić information content (AvgIpc) is 3.43. The van der Waals surface area contributed by atoms with Gasteiger partial charge in [-0.1, -0.05) is 25.1 Å². The maximum Gasteiger partial charge on any atom is 0.228 e. The summed E-state index contributed by atoms with van der Waals surface area (Å²) in [6.07, 6.45) is 10.5. The van der Waals surface area contributed by atoms with E-state index in [9.17, 15) is 0 Å². The molecule has 0 aliphatic heterocycles. The van der Waals surface area contributed by atoms with Crippen LogP contribution in [0.4, 0.5) is 0 Å². The van der Waals surface area contributed by atoms with Crippen molar-refractivity contribution >= 4 is 22.4 Å². The molecule has 0 fully saturated rings. The number of benzene rings is 1. The molecule has 32 heavy (non-hydrogen) atoms. The molecule has 0 amide bonds. The summed E-state index contributed by atoms with van der Waals surface area (Å²) in [4.78, 5) is 16.7. The first-order valence-corrected chi connectivity index (χ1v) is 10.7. The van der Waals surface area contributed by atoms with Crippen molar-refractivity contribution in [3.8, 4) is 11.5 Å². The van der Waals surface area contributed by atoms with Gasteiger partial charge in [0.15, 0.2) is 5.76 Å². The number of nitrogens with zero attached hydrogens (tertiary/aromatic N) is 3. The molecular weight excluding hydrogens is 402 g/mol. The molecule has 0 radical (unpaired) electrons. The molecule has 2 aromatic heterocycles. The maximum absolute atomic E-state index is 6.10. The molecule has 0 spiro atoms. The molecule has 0 unspecified atom stereocenters. The Morgan fingerprint density at radius 1 is 1.31 bits per heavy atom. The Labute approximate surface area is 188 Å². The number of rotatable bonds is 10. The summed E-state index contributed by atoms with van der Waals surface area (Å²) in [6, 6.07) is 5.83. The van der Waals surface area contributed by atoms with Gasteiger partial charge in [0.1, 0.15) is 17.2 Å². The quantitative estimate of drug-likeness (QED) is 0.166. The highest BCUT2D eigenvalue weighted by atomic mass is 16.4. The van der Waals surface area contributed by atoms with Crippen LogP contribution >= 0.6 is 0 Å². The second-order valence-corrected chi connectivity index (χ2v) is 7.33. The third kappa shape index (κ3) is 5.81. The van der Waals surface area contributed by atoms with Gasteiger partial charge in [0.2, 0.25) is 5.89 Å². The van der Waals surface area contributed by atoms with E-state index in [4.69, 9.17) is 15.9 Å². The molecule has 3 aromatic rings. The van der Waals surface area contributed by atoms with Gasteiger partial charge >= 0.3 is 0 Å². The highest BCUT2D eigenvalue weighted by molar-refractivity contribution is 5.90. The number of hydrogen-bond acceptors (Lipinski definition) is 6. The zero-order chi connectivity index (χ0) is 22.9. The number of para-hydroxylation sites is 1. The zero-order valence-corrected chi connectivity index (χ0v) is 18.9. The third-order valence-corrected chi connectivity index (χ3v) is 4.68. The molecule has 6 N–H and O–H groups in total. The highest BCUT2D eigenvalue weighted by Gasteiger charge is 2.14. The number of imidazole rings is 1. The number of fused-ring (bicyclic) bond motifs is 1. The predicted octanol–water partition coefficient (Wildman–Crippen LogP) is 3.90. The van der Waals surface area contributed by atoms with Crippen molar-refractivity contribution < 1.29 is 4.42 Å². The summed E-state index contributed by atoms with van der Waals surface area (Å²) in [5, 5.41) is 3.24. The van der Waals surface area contributed by atoms with Gasteiger partial charge < -0.3 is 26.2 Å². The van der Waals surface area contributed by atoms with E-state index in [0.717, 1.165) is 46.7 Å². The van der Waals surface area contributed by atoms with Crippen LogP contribution in [0.15, 0.2) is 63.8 Å². The van der Waals surface area contributed by atoms with Crippen LogP contribution in [0.1, 0.15) is 38.8 Å². The van der Waals surface area contributed by atoms with Gasteiger partial charge in [0.05, 0.1) is 30.4 Å². The van der Waals surface area contributed by atoms with Crippen LogP contribution in [0, 0.1) is 0 Å². The van der Waals surface area contributed by atoms with Gasteiger partial charge in [-0.3, -0.25) is 0 Å². The Morgan fingerprint density at radius 2 is 2.16 bits per heavy atom. The highest BCUT2D eigenvalue weighted by Crippen LogP contribution is 2.29. The minimum Gasteiger partial charge on any atom is -0.436 e. The van der Waals surface area contributed by atoms with Crippen molar-refractivity contribution in [2.24, 2.45) is 16.5 Å². The fraction of sp³-hybridized carbons (Fsp3) is 0.292. The summed E-state index contributed by atoms with van der Waals surface area (Å²) in [5.41, 5.74) is 15.9. The Hall–Kier alpha value is -3.49. The molecule has 0 aliphatic rings. The summed E-state index contributed by atoms with van der Waals surface area (Å²) >= 11 is 0. The Balaban J connectivity index is 1.86. The summed E-state index contributed by atoms with van der Waals surface area (Å²) in [5.74, 6) is 2.43. The lowest BCUT2D eigenvalue weighted by molar-refractivity contribution is 0.562. The zero-order valence-electron chi connectivity index (χ0n) is 18.9. The Kier molecular flexibility index (Phi) is 8.13. The van der Waals surface area contributed by atoms with E-state index in [1.54, 1.807) is 6.20 Å². The second-order valence-electron chi connectivity index (χ2n) is 7.33. The molecule has 2 heterocycles.